The molecule has 0 fully saturated rings. The molecule has 6 heteroatoms. The fourth-order valence-corrected chi connectivity index (χ4v) is 4.65. The molecular formula is C19H15Cl2NO2S. The Morgan fingerprint density at radius 2 is 1.40 bits per heavy atom. The third-order valence-electron chi connectivity index (χ3n) is 3.67. The van der Waals surface area contributed by atoms with Gasteiger partial charge in [0.2, 0.25) is 0 Å². The normalized spacial score (nSPS) is 11.3. The Labute approximate surface area is 157 Å². The molecule has 128 valence electrons. The second-order valence-electron chi connectivity index (χ2n) is 5.41. The van der Waals surface area contributed by atoms with Gasteiger partial charge in [-0.2, -0.15) is 0 Å². The number of halogens is 2. The molecule has 0 bridgehead atoms. The Bertz CT molecular complexity index is 961. The van der Waals surface area contributed by atoms with Gasteiger partial charge in [0.25, 0.3) is 10.0 Å². The first-order chi connectivity index (χ1) is 12.0. The third-order valence-corrected chi connectivity index (χ3v) is 6.16. The van der Waals surface area contributed by atoms with Crippen molar-refractivity contribution in [3.63, 3.8) is 0 Å². The second-order valence-corrected chi connectivity index (χ2v) is 8.08. The number of nitrogens with zero attached hydrogens (tertiary/aromatic N) is 1. The summed E-state index contributed by atoms with van der Waals surface area (Å²) in [7, 11) is -3.89. The molecule has 0 atom stereocenters. The van der Waals surface area contributed by atoms with Crippen LogP contribution in [0.2, 0.25) is 10.0 Å². The largest absolute Gasteiger partial charge is 0.266 e. The first-order valence-electron chi connectivity index (χ1n) is 7.55. The molecule has 0 radical (unpaired) electrons. The van der Waals surface area contributed by atoms with Crippen LogP contribution in [0.4, 0.5) is 5.69 Å². The Balaban J connectivity index is 2.12. The van der Waals surface area contributed by atoms with Crippen molar-refractivity contribution in [1.29, 1.82) is 0 Å². The van der Waals surface area contributed by atoms with E-state index in [-0.39, 0.29) is 16.5 Å². The average Bonchev–Trinajstić information content (AvgIpc) is 2.63. The predicted molar refractivity (Wildman–Crippen MR) is 103 cm³/mol. The molecule has 3 nitrogen and oxygen atoms in total. The molecule has 0 aliphatic carbocycles. The molecule has 25 heavy (non-hydrogen) atoms. The molecule has 3 aromatic carbocycles. The lowest BCUT2D eigenvalue weighted by Gasteiger charge is -2.25. The number of rotatable bonds is 5. The molecule has 0 aliphatic rings. The van der Waals surface area contributed by atoms with E-state index in [1.54, 1.807) is 30.3 Å². The summed E-state index contributed by atoms with van der Waals surface area (Å²) in [6.45, 7) is 0.191. The number of para-hydroxylation sites is 1. The Morgan fingerprint density at radius 3 is 2.04 bits per heavy atom. The summed E-state index contributed by atoms with van der Waals surface area (Å²) in [4.78, 5) is -0.0125. The molecule has 0 aliphatic heterocycles. The predicted octanol–water partition coefficient (Wildman–Crippen LogP) is 5.39. The van der Waals surface area contributed by atoms with Crippen molar-refractivity contribution in [1.82, 2.24) is 0 Å². The number of sulfonamides is 1. The van der Waals surface area contributed by atoms with E-state index >= 15 is 0 Å². The van der Waals surface area contributed by atoms with Crippen molar-refractivity contribution in [3.05, 3.63) is 94.5 Å². The SMILES string of the molecule is O=S(=O)(c1cc(Cl)ccc1Cl)N(Cc1ccccc1)c1ccccc1. The highest BCUT2D eigenvalue weighted by atomic mass is 35.5. The minimum Gasteiger partial charge on any atom is -0.262 e. The van der Waals surface area contributed by atoms with E-state index < -0.39 is 10.0 Å². The maximum atomic E-state index is 13.3. The van der Waals surface area contributed by atoms with Crippen molar-refractivity contribution in [2.45, 2.75) is 11.4 Å². The molecule has 0 aromatic heterocycles. The first kappa shape index (κ1) is 17.8. The molecule has 3 rings (SSSR count). The van der Waals surface area contributed by atoms with Crippen LogP contribution in [-0.2, 0) is 16.6 Å². The van der Waals surface area contributed by atoms with Gasteiger partial charge in [-0.05, 0) is 35.9 Å². The van der Waals surface area contributed by atoms with E-state index in [1.807, 2.05) is 36.4 Å². The Kier molecular flexibility index (Phi) is 5.33. The lowest BCUT2D eigenvalue weighted by atomic mass is 10.2. The van der Waals surface area contributed by atoms with Gasteiger partial charge in [0.15, 0.2) is 0 Å². The van der Waals surface area contributed by atoms with Gasteiger partial charge in [0, 0.05) is 5.02 Å². The smallest absolute Gasteiger partial charge is 0.262 e. The van der Waals surface area contributed by atoms with Crippen molar-refractivity contribution in [2.24, 2.45) is 0 Å². The number of benzene rings is 3. The van der Waals surface area contributed by atoms with Crippen LogP contribution < -0.4 is 4.31 Å². The summed E-state index contributed by atoms with van der Waals surface area (Å²) in [5, 5.41) is 0.453. The lowest BCUT2D eigenvalue weighted by molar-refractivity contribution is 0.590. The van der Waals surface area contributed by atoms with Gasteiger partial charge in [-0.15, -0.1) is 0 Å². The molecular weight excluding hydrogens is 377 g/mol. The molecule has 3 aromatic rings. The standard InChI is InChI=1S/C19H15Cl2NO2S/c20-16-11-12-18(21)19(13-16)25(23,24)22(17-9-5-2-6-10-17)14-15-7-3-1-4-8-15/h1-13H,14H2. The van der Waals surface area contributed by atoms with Crippen molar-refractivity contribution in [3.8, 4) is 0 Å². The molecule has 0 saturated carbocycles. The Morgan fingerprint density at radius 1 is 0.800 bits per heavy atom. The van der Waals surface area contributed by atoms with Crippen LogP contribution in [0, 0.1) is 0 Å². The van der Waals surface area contributed by atoms with Gasteiger partial charge >= 0.3 is 0 Å². The molecule has 0 heterocycles. The number of hydrogen-bond acceptors (Lipinski definition) is 2. The zero-order valence-corrected chi connectivity index (χ0v) is 15.5. The minimum absolute atomic E-state index is 0.0125. The van der Waals surface area contributed by atoms with Gasteiger partial charge in [-0.1, -0.05) is 71.7 Å². The molecule has 0 N–H and O–H groups in total. The zero-order valence-electron chi connectivity index (χ0n) is 13.1. The monoisotopic (exact) mass is 391 g/mol. The van der Waals surface area contributed by atoms with Crippen molar-refractivity contribution in [2.75, 3.05) is 4.31 Å². The molecule has 0 amide bonds. The third kappa shape index (κ3) is 3.98. The van der Waals surface area contributed by atoms with E-state index in [2.05, 4.69) is 0 Å². The Hall–Kier alpha value is -2.01. The second kappa shape index (κ2) is 7.48. The zero-order chi connectivity index (χ0) is 17.9. The van der Waals surface area contributed by atoms with Crippen LogP contribution in [0.3, 0.4) is 0 Å². The van der Waals surface area contributed by atoms with Gasteiger partial charge in [-0.25, -0.2) is 8.42 Å². The number of hydrogen-bond donors (Lipinski definition) is 0. The molecule has 0 spiro atoms. The summed E-state index contributed by atoms with van der Waals surface area (Å²) >= 11 is 12.1. The van der Waals surface area contributed by atoms with Crippen LogP contribution in [0.5, 0.6) is 0 Å². The van der Waals surface area contributed by atoms with Gasteiger partial charge in [0.05, 0.1) is 17.3 Å². The number of anilines is 1. The maximum absolute atomic E-state index is 13.3. The van der Waals surface area contributed by atoms with Gasteiger partial charge in [-0.3, -0.25) is 4.31 Å². The van der Waals surface area contributed by atoms with Crippen molar-refractivity contribution < 1.29 is 8.42 Å². The van der Waals surface area contributed by atoms with E-state index in [4.69, 9.17) is 23.2 Å². The van der Waals surface area contributed by atoms with Crippen LogP contribution in [0.15, 0.2) is 83.8 Å². The van der Waals surface area contributed by atoms with E-state index in [1.165, 1.54) is 16.4 Å². The van der Waals surface area contributed by atoms with Crippen molar-refractivity contribution >= 4 is 38.9 Å². The highest BCUT2D eigenvalue weighted by molar-refractivity contribution is 7.93. The summed E-state index contributed by atoms with van der Waals surface area (Å²) in [6, 6.07) is 22.7. The summed E-state index contributed by atoms with van der Waals surface area (Å²) < 4.78 is 27.9. The first-order valence-corrected chi connectivity index (χ1v) is 9.75. The molecule has 0 unspecified atom stereocenters. The van der Waals surface area contributed by atoms with Crippen LogP contribution in [0.25, 0.3) is 0 Å². The maximum Gasteiger partial charge on any atom is 0.266 e. The van der Waals surface area contributed by atoms with Gasteiger partial charge < -0.3 is 0 Å². The van der Waals surface area contributed by atoms with Crippen LogP contribution >= 0.6 is 23.2 Å². The average molecular weight is 392 g/mol. The van der Waals surface area contributed by atoms with Gasteiger partial charge in [0.1, 0.15) is 4.90 Å². The highest BCUT2D eigenvalue weighted by Crippen LogP contribution is 2.31. The fourth-order valence-electron chi connectivity index (χ4n) is 2.45. The highest BCUT2D eigenvalue weighted by Gasteiger charge is 2.27. The van der Waals surface area contributed by atoms with E-state index in [0.29, 0.717) is 10.7 Å². The quantitative estimate of drug-likeness (QED) is 0.584. The van der Waals surface area contributed by atoms with E-state index in [9.17, 15) is 8.42 Å². The fraction of sp³-hybridized carbons (Fsp3) is 0.0526. The van der Waals surface area contributed by atoms with Crippen LogP contribution in [-0.4, -0.2) is 8.42 Å². The summed E-state index contributed by atoms with van der Waals surface area (Å²) in [5.41, 5.74) is 1.43. The molecule has 0 saturated heterocycles. The minimum atomic E-state index is -3.89. The van der Waals surface area contributed by atoms with Crippen LogP contribution in [0.1, 0.15) is 5.56 Å². The topological polar surface area (TPSA) is 37.4 Å². The van der Waals surface area contributed by atoms with E-state index in [0.717, 1.165) is 5.56 Å². The lowest BCUT2D eigenvalue weighted by Crippen LogP contribution is -2.30. The summed E-state index contributed by atoms with van der Waals surface area (Å²) in [6.07, 6.45) is 0. The summed E-state index contributed by atoms with van der Waals surface area (Å²) in [5.74, 6) is 0.